The Morgan fingerprint density at radius 3 is 1.68 bits per heavy atom. The average molecular weight is 1020 g/mol. The van der Waals surface area contributed by atoms with E-state index >= 15 is 0 Å². The van der Waals surface area contributed by atoms with Crippen LogP contribution in [0.4, 0.5) is 0 Å². The number of rotatable bonds is 10. The molecular formula is C70H73N5S. The first-order valence-corrected chi connectivity index (χ1v) is 26.6. The van der Waals surface area contributed by atoms with Gasteiger partial charge in [-0.1, -0.05) is 230 Å². The first-order chi connectivity index (χ1) is 37.3. The molecule has 0 aliphatic carbocycles. The van der Waals surface area contributed by atoms with Crippen molar-refractivity contribution in [1.29, 1.82) is 0 Å². The number of allylic oxidation sites excluding steroid dienone is 5. The number of thiophene rings is 1. The lowest BCUT2D eigenvalue weighted by Crippen LogP contribution is -2.13. The van der Waals surface area contributed by atoms with E-state index in [4.69, 9.17) is 5.73 Å². The van der Waals surface area contributed by atoms with Crippen molar-refractivity contribution >= 4 is 76.8 Å². The second-order valence-corrected chi connectivity index (χ2v) is 18.0. The van der Waals surface area contributed by atoms with E-state index in [1.165, 1.54) is 64.9 Å². The highest BCUT2D eigenvalue weighted by atomic mass is 32.1. The number of fused-ring (bicyclic) bond motifs is 8. The van der Waals surface area contributed by atoms with Crippen LogP contribution >= 0.6 is 11.3 Å². The van der Waals surface area contributed by atoms with Crippen LogP contribution in [0.1, 0.15) is 57.7 Å². The van der Waals surface area contributed by atoms with Gasteiger partial charge in [-0.3, -0.25) is 9.98 Å². The van der Waals surface area contributed by atoms with E-state index in [1.807, 2.05) is 86.7 Å². The van der Waals surface area contributed by atoms with Gasteiger partial charge in [-0.25, -0.2) is 0 Å². The topological polar surface area (TPSA) is 60.6 Å². The standard InChI is InChI=1S/C46H32N4S.C8H9N.2C4H6.C3H8.C3H6.C2H6/c47-46(48-29-30-10-3-1-4-11-30)34-13-9-12-32(26-34)31-18-20-36(21-19-31)50-42-27-33-24-25-49(35-14-5-2-6-15-35)41(33)28-40(42)38-22-23-39-37-16-7-8-17-43(37)51-45(39)44(38)50;1-9-7-8-5-3-2-4-6-8;2*1-3-4-2;2*1-3-2;1-2/h1-28H,29H2,(H2,47,48);2-6H,1,7H2;2*3-4H,1-2H2;3H2,1-2H3;3H,1H2,2H3;1-2H3. The van der Waals surface area contributed by atoms with Gasteiger partial charge in [-0.15, -0.1) is 17.9 Å². The highest BCUT2D eigenvalue weighted by molar-refractivity contribution is 7.26. The second-order valence-electron chi connectivity index (χ2n) is 17.0. The Hall–Kier alpha value is -8.84. The number of hydrogen-bond donors (Lipinski definition) is 1. The normalized spacial score (nSPS) is 10.2. The fraction of sp³-hybridized carbons (Fsp3) is 0.114. The van der Waals surface area contributed by atoms with E-state index < -0.39 is 0 Å². The average Bonchev–Trinajstić information content (AvgIpc) is 4.23. The Bertz CT molecular complexity index is 3590. The first-order valence-electron chi connectivity index (χ1n) is 25.8. The maximum absolute atomic E-state index is 6.48. The number of benzene rings is 8. The van der Waals surface area contributed by atoms with Crippen molar-refractivity contribution in [2.24, 2.45) is 15.7 Å². The predicted octanol–water partition coefficient (Wildman–Crippen LogP) is 19.9. The summed E-state index contributed by atoms with van der Waals surface area (Å²) in [6, 6.07) is 68.5. The Morgan fingerprint density at radius 2 is 1.09 bits per heavy atom. The molecule has 2 N–H and O–H groups in total. The molecule has 0 atom stereocenters. The smallest absolute Gasteiger partial charge is 0.125 e. The van der Waals surface area contributed by atoms with Crippen LogP contribution in [-0.2, 0) is 13.1 Å². The second kappa shape index (κ2) is 31.0. The zero-order valence-corrected chi connectivity index (χ0v) is 45.9. The van der Waals surface area contributed by atoms with E-state index in [9.17, 15) is 0 Å². The number of nitrogens with zero attached hydrogens (tertiary/aromatic N) is 4. The Kier molecular flexibility index (Phi) is 23.7. The van der Waals surface area contributed by atoms with Gasteiger partial charge in [0.05, 0.1) is 34.3 Å². The SMILES string of the molecule is C=CC.C=CC=C.C=CC=C.C=NCc1ccccc1.CC.CCC.NC(=NCc1ccccc1)c1cccc(-c2ccc(-n3c4cc5ccn(-c6ccccc6)c5cc4c4ccc5c6ccccc6sc5c43)cc2)c1. The summed E-state index contributed by atoms with van der Waals surface area (Å²) in [5.74, 6) is 0.544. The molecule has 3 aromatic heterocycles. The molecule has 11 rings (SSSR count). The van der Waals surface area contributed by atoms with Crippen molar-refractivity contribution in [3.05, 3.63) is 280 Å². The van der Waals surface area contributed by atoms with Gasteiger partial charge >= 0.3 is 0 Å². The molecule has 0 aliphatic heterocycles. The molecule has 0 bridgehead atoms. The first kappa shape index (κ1) is 58.1. The van der Waals surface area contributed by atoms with Gasteiger partial charge in [0.1, 0.15) is 5.84 Å². The largest absolute Gasteiger partial charge is 0.383 e. The third-order valence-corrected chi connectivity index (χ3v) is 12.7. The summed E-state index contributed by atoms with van der Waals surface area (Å²) in [5, 5.41) is 6.32. The van der Waals surface area contributed by atoms with E-state index in [-0.39, 0.29) is 0 Å². The molecule has 0 saturated heterocycles. The van der Waals surface area contributed by atoms with Gasteiger partial charge in [0.15, 0.2) is 0 Å². The van der Waals surface area contributed by atoms with Crippen molar-refractivity contribution in [2.75, 3.05) is 0 Å². The van der Waals surface area contributed by atoms with Crippen LogP contribution in [0.5, 0.6) is 0 Å². The summed E-state index contributed by atoms with van der Waals surface area (Å²) < 4.78 is 7.37. The highest BCUT2D eigenvalue weighted by Gasteiger charge is 2.20. The van der Waals surface area contributed by atoms with Crippen LogP contribution in [0.3, 0.4) is 0 Å². The maximum atomic E-state index is 6.48. The molecule has 0 spiro atoms. The number of amidine groups is 1. The molecule has 8 aromatic carbocycles. The summed E-state index contributed by atoms with van der Waals surface area (Å²) >= 11 is 1.88. The van der Waals surface area contributed by atoms with Gasteiger partial charge in [-0.05, 0) is 90.5 Å². The predicted molar refractivity (Wildman–Crippen MR) is 340 cm³/mol. The number of nitrogens with two attached hydrogens (primary N) is 1. The maximum Gasteiger partial charge on any atom is 0.125 e. The summed E-state index contributed by atoms with van der Waals surface area (Å²) in [4.78, 5) is 8.43. The third-order valence-electron chi connectivity index (χ3n) is 11.5. The van der Waals surface area contributed by atoms with Crippen molar-refractivity contribution in [3.8, 4) is 22.5 Å². The van der Waals surface area contributed by atoms with Crippen LogP contribution < -0.4 is 5.73 Å². The van der Waals surface area contributed by atoms with Gasteiger partial charge in [0, 0.05) is 54.8 Å². The molecule has 384 valence electrons. The summed E-state index contributed by atoms with van der Waals surface area (Å²) in [7, 11) is 0. The fourth-order valence-corrected chi connectivity index (χ4v) is 9.45. The quantitative estimate of drug-likeness (QED) is 0.0631. The van der Waals surface area contributed by atoms with Crippen LogP contribution in [0.15, 0.2) is 274 Å². The molecule has 0 saturated carbocycles. The van der Waals surface area contributed by atoms with Crippen molar-refractivity contribution in [1.82, 2.24) is 9.13 Å². The van der Waals surface area contributed by atoms with Crippen LogP contribution in [0, 0.1) is 0 Å². The van der Waals surface area contributed by atoms with Crippen LogP contribution in [0.2, 0.25) is 0 Å². The van der Waals surface area contributed by atoms with E-state index in [1.54, 1.807) is 30.4 Å². The fourth-order valence-electron chi connectivity index (χ4n) is 8.21. The molecule has 11 aromatic rings. The highest BCUT2D eigenvalue weighted by Crippen LogP contribution is 2.44. The molecule has 0 amide bonds. The lowest BCUT2D eigenvalue weighted by Gasteiger charge is -2.11. The van der Waals surface area contributed by atoms with E-state index in [0.717, 1.165) is 40.2 Å². The lowest BCUT2D eigenvalue weighted by atomic mass is 10.0. The third kappa shape index (κ3) is 14.9. The van der Waals surface area contributed by atoms with Crippen LogP contribution in [0.25, 0.3) is 75.4 Å². The lowest BCUT2D eigenvalue weighted by molar-refractivity contribution is 1.06. The molecule has 6 heteroatoms. The minimum atomic E-state index is 0.544. The number of para-hydroxylation sites is 1. The number of aromatic nitrogens is 2. The number of aliphatic imine (C=N–C) groups is 2. The summed E-state index contributed by atoms with van der Waals surface area (Å²) in [6.45, 7) is 31.6. The Balaban J connectivity index is 0.000000358. The van der Waals surface area contributed by atoms with E-state index in [0.29, 0.717) is 12.4 Å². The van der Waals surface area contributed by atoms with Crippen LogP contribution in [-0.4, -0.2) is 21.7 Å². The molecule has 0 unspecified atom stereocenters. The minimum absolute atomic E-state index is 0.544. The molecule has 3 heterocycles. The molecule has 0 fully saturated rings. The Morgan fingerprint density at radius 1 is 0.539 bits per heavy atom. The summed E-state index contributed by atoms with van der Waals surface area (Å²) in [5.41, 5.74) is 17.9. The minimum Gasteiger partial charge on any atom is -0.383 e. The van der Waals surface area contributed by atoms with Gasteiger partial charge < -0.3 is 14.9 Å². The van der Waals surface area contributed by atoms with Crippen molar-refractivity contribution < 1.29 is 0 Å². The summed E-state index contributed by atoms with van der Waals surface area (Å²) in [6.07, 6.45) is 11.7. The number of hydrogen-bond acceptors (Lipinski definition) is 3. The van der Waals surface area contributed by atoms with Gasteiger partial charge in [-0.2, -0.15) is 0 Å². The van der Waals surface area contributed by atoms with Gasteiger partial charge in [0.25, 0.3) is 0 Å². The van der Waals surface area contributed by atoms with Crippen molar-refractivity contribution in [3.63, 3.8) is 0 Å². The van der Waals surface area contributed by atoms with Gasteiger partial charge in [0.2, 0.25) is 0 Å². The molecule has 5 nitrogen and oxygen atoms in total. The zero-order valence-electron chi connectivity index (χ0n) is 45.1. The van der Waals surface area contributed by atoms with E-state index in [2.05, 4.69) is 218 Å². The molecule has 0 aliphatic rings. The van der Waals surface area contributed by atoms with Crippen molar-refractivity contribution in [2.45, 2.75) is 54.1 Å². The molecule has 0 radical (unpaired) electrons. The monoisotopic (exact) mass is 1020 g/mol. The molecule has 76 heavy (non-hydrogen) atoms. The molecular weight excluding hydrogens is 943 g/mol. The zero-order chi connectivity index (χ0) is 54.7. The Labute approximate surface area is 456 Å².